The molecule has 10 nitrogen and oxygen atoms in total. The number of hydrogen-bond donors (Lipinski definition) is 4. The van der Waals surface area contributed by atoms with Crippen LogP contribution in [-0.2, 0) is 16.9 Å². The maximum absolute atomic E-state index is 12.9. The second kappa shape index (κ2) is 6.14. The number of imide groups is 1. The Labute approximate surface area is 169 Å². The number of pyridine rings is 1. The summed E-state index contributed by atoms with van der Waals surface area (Å²) in [5.74, 6) is 0.0804. The number of benzene rings is 1. The van der Waals surface area contributed by atoms with Gasteiger partial charge in [0.15, 0.2) is 11.4 Å². The van der Waals surface area contributed by atoms with E-state index >= 15 is 0 Å². The molecule has 0 aliphatic carbocycles. The molecule has 0 saturated carbocycles. The molecule has 30 heavy (non-hydrogen) atoms. The van der Waals surface area contributed by atoms with Crippen LogP contribution in [0.1, 0.15) is 5.76 Å². The highest BCUT2D eigenvalue weighted by Crippen LogP contribution is 2.36. The van der Waals surface area contributed by atoms with E-state index in [1.54, 1.807) is 36.5 Å². The summed E-state index contributed by atoms with van der Waals surface area (Å²) in [6, 6.07) is 7.85. The fourth-order valence-corrected chi connectivity index (χ4v) is 3.74. The number of aromatic nitrogens is 2. The molecule has 0 unspecified atom stereocenters. The van der Waals surface area contributed by atoms with E-state index in [0.29, 0.717) is 22.2 Å². The number of ether oxygens (including phenoxy) is 1. The fourth-order valence-electron chi connectivity index (χ4n) is 3.74. The average molecular weight is 407 g/mol. The van der Waals surface area contributed by atoms with E-state index in [0.717, 1.165) is 5.39 Å². The first-order chi connectivity index (χ1) is 14.4. The molecule has 1 aliphatic heterocycles. The van der Waals surface area contributed by atoms with Crippen LogP contribution in [0.2, 0.25) is 0 Å². The summed E-state index contributed by atoms with van der Waals surface area (Å²) >= 11 is 0. The smallest absolute Gasteiger partial charge is 0.322 e. The highest BCUT2D eigenvalue weighted by molar-refractivity contribution is 6.07. The predicted molar refractivity (Wildman–Crippen MR) is 107 cm³/mol. The summed E-state index contributed by atoms with van der Waals surface area (Å²) in [5.41, 5.74) is 4.91. The Balaban J connectivity index is 1.65. The van der Waals surface area contributed by atoms with Crippen LogP contribution >= 0.6 is 0 Å². The Hall–Kier alpha value is -4.21. The molecule has 1 aromatic carbocycles. The van der Waals surface area contributed by atoms with Gasteiger partial charge in [0.05, 0.1) is 25.5 Å². The van der Waals surface area contributed by atoms with E-state index < -0.39 is 17.5 Å². The monoisotopic (exact) mass is 407 g/mol. The number of nitrogen functional groups attached to an aromatic ring is 1. The van der Waals surface area contributed by atoms with Gasteiger partial charge < -0.3 is 29.9 Å². The van der Waals surface area contributed by atoms with Crippen LogP contribution in [0.5, 0.6) is 11.6 Å². The summed E-state index contributed by atoms with van der Waals surface area (Å²) in [5, 5.41) is 17.5. The Morgan fingerprint density at radius 1 is 1.27 bits per heavy atom. The lowest BCUT2D eigenvalue weighted by Crippen LogP contribution is -2.47. The van der Waals surface area contributed by atoms with Crippen LogP contribution in [0.4, 0.5) is 10.5 Å². The SMILES string of the molecule is COc1ccc2cn(C[C@@]3(c4cc5cc(N)cnc5o4)NC(=O)NC3=O)c(O)c2c1. The molecule has 0 bridgehead atoms. The van der Waals surface area contributed by atoms with Gasteiger partial charge in [-0.05, 0) is 30.3 Å². The zero-order chi connectivity index (χ0) is 21.0. The quantitative estimate of drug-likeness (QED) is 0.378. The van der Waals surface area contributed by atoms with Gasteiger partial charge in [-0.1, -0.05) is 0 Å². The molecular weight excluding hydrogens is 390 g/mol. The van der Waals surface area contributed by atoms with Gasteiger partial charge in [-0.25, -0.2) is 9.78 Å². The number of nitrogens with one attached hydrogen (secondary N) is 2. The summed E-state index contributed by atoms with van der Waals surface area (Å²) in [7, 11) is 1.53. The number of hydrogen-bond acceptors (Lipinski definition) is 7. The Kier molecular flexibility index (Phi) is 3.66. The zero-order valence-electron chi connectivity index (χ0n) is 15.8. The molecule has 1 atom stereocenters. The van der Waals surface area contributed by atoms with Crippen LogP contribution in [0.25, 0.3) is 21.9 Å². The molecule has 5 rings (SSSR count). The number of fused-ring (bicyclic) bond motifs is 2. The molecule has 152 valence electrons. The number of nitrogens with two attached hydrogens (primary N) is 1. The molecule has 10 heteroatoms. The van der Waals surface area contributed by atoms with Crippen LogP contribution in [0.15, 0.2) is 47.1 Å². The van der Waals surface area contributed by atoms with Crippen molar-refractivity contribution in [3.8, 4) is 11.6 Å². The van der Waals surface area contributed by atoms with Gasteiger partial charge in [-0.15, -0.1) is 0 Å². The topological polar surface area (TPSA) is 145 Å². The molecule has 1 aliphatic rings. The number of carbonyl (C=O) groups excluding carboxylic acids is 2. The standard InChI is InChI=1S/C20H17N5O5/c1-29-13-3-2-10-8-25(17(26)14(10)6-13)9-20(18(27)23-19(28)24-20)15-5-11-4-12(21)7-22-16(11)30-15/h2-8,26H,9,21H2,1H3,(H2,23,24,27,28)/t20-/m0/s1. The maximum atomic E-state index is 12.9. The van der Waals surface area contributed by atoms with Crippen molar-refractivity contribution in [1.29, 1.82) is 0 Å². The van der Waals surface area contributed by atoms with Gasteiger partial charge in [-0.3, -0.25) is 10.1 Å². The lowest BCUT2D eigenvalue weighted by molar-refractivity contribution is -0.125. The number of anilines is 1. The van der Waals surface area contributed by atoms with Crippen molar-refractivity contribution in [1.82, 2.24) is 20.2 Å². The first-order valence-corrected chi connectivity index (χ1v) is 9.04. The minimum absolute atomic E-state index is 0.0734. The number of rotatable bonds is 4. The normalized spacial score (nSPS) is 18.7. The zero-order valence-corrected chi connectivity index (χ0v) is 15.8. The van der Waals surface area contributed by atoms with Gasteiger partial charge in [-0.2, -0.15) is 0 Å². The number of furan rings is 1. The Bertz CT molecular complexity index is 1340. The summed E-state index contributed by atoms with van der Waals surface area (Å²) in [6.07, 6.45) is 3.12. The molecule has 4 aromatic rings. The fraction of sp³-hybridized carbons (Fsp3) is 0.150. The van der Waals surface area contributed by atoms with Crippen LogP contribution < -0.4 is 21.1 Å². The number of urea groups is 1. The van der Waals surface area contributed by atoms with E-state index in [1.165, 1.54) is 17.9 Å². The lowest BCUT2D eigenvalue weighted by Gasteiger charge is -2.24. The molecule has 3 amide bonds. The molecule has 4 heterocycles. The molecule has 0 spiro atoms. The van der Waals surface area contributed by atoms with E-state index in [-0.39, 0.29) is 23.9 Å². The number of aromatic hydroxyl groups is 1. The van der Waals surface area contributed by atoms with Crippen molar-refractivity contribution in [2.75, 3.05) is 12.8 Å². The van der Waals surface area contributed by atoms with Crippen LogP contribution in [0.3, 0.4) is 0 Å². The van der Waals surface area contributed by atoms with Crippen molar-refractivity contribution < 1.29 is 23.8 Å². The van der Waals surface area contributed by atoms with Crippen molar-refractivity contribution >= 4 is 39.5 Å². The summed E-state index contributed by atoms with van der Waals surface area (Å²) in [6.45, 7) is -0.108. The van der Waals surface area contributed by atoms with Crippen LogP contribution in [0, 0.1) is 0 Å². The highest BCUT2D eigenvalue weighted by atomic mass is 16.5. The minimum atomic E-state index is -1.58. The molecule has 5 N–H and O–H groups in total. The van der Waals surface area contributed by atoms with E-state index in [1.807, 2.05) is 0 Å². The van der Waals surface area contributed by atoms with Crippen LogP contribution in [-0.4, -0.2) is 33.7 Å². The van der Waals surface area contributed by atoms with E-state index in [4.69, 9.17) is 14.9 Å². The molecule has 1 saturated heterocycles. The van der Waals surface area contributed by atoms with Gasteiger partial charge >= 0.3 is 6.03 Å². The summed E-state index contributed by atoms with van der Waals surface area (Å²) < 4.78 is 12.5. The van der Waals surface area contributed by atoms with E-state index in [2.05, 4.69) is 15.6 Å². The number of nitrogens with zero attached hydrogens (tertiary/aromatic N) is 2. The molecule has 0 radical (unpaired) electrons. The second-order valence-corrected chi connectivity index (χ2v) is 7.12. The third-order valence-electron chi connectivity index (χ3n) is 5.23. The van der Waals surface area contributed by atoms with Gasteiger partial charge in [0, 0.05) is 22.4 Å². The molecule has 1 fully saturated rings. The lowest BCUT2D eigenvalue weighted by atomic mass is 9.96. The Morgan fingerprint density at radius 2 is 2.10 bits per heavy atom. The Morgan fingerprint density at radius 3 is 2.83 bits per heavy atom. The third-order valence-corrected chi connectivity index (χ3v) is 5.23. The molecule has 3 aromatic heterocycles. The highest BCUT2D eigenvalue weighted by Gasteiger charge is 2.51. The number of carbonyl (C=O) groups is 2. The maximum Gasteiger partial charge on any atom is 0.322 e. The number of amides is 3. The average Bonchev–Trinajstić information content (AvgIpc) is 3.36. The minimum Gasteiger partial charge on any atom is -0.497 e. The van der Waals surface area contributed by atoms with Crippen molar-refractivity contribution in [3.63, 3.8) is 0 Å². The second-order valence-electron chi connectivity index (χ2n) is 7.12. The first kappa shape index (κ1) is 17.9. The van der Waals surface area contributed by atoms with Gasteiger partial charge in [0.1, 0.15) is 11.5 Å². The van der Waals surface area contributed by atoms with Crippen molar-refractivity contribution in [2.45, 2.75) is 12.1 Å². The van der Waals surface area contributed by atoms with Gasteiger partial charge in [0.25, 0.3) is 5.91 Å². The summed E-state index contributed by atoms with van der Waals surface area (Å²) in [4.78, 5) is 29.0. The first-order valence-electron chi connectivity index (χ1n) is 9.04. The van der Waals surface area contributed by atoms with E-state index in [9.17, 15) is 14.7 Å². The largest absolute Gasteiger partial charge is 0.497 e. The predicted octanol–water partition coefficient (Wildman–Crippen LogP) is 1.81. The third kappa shape index (κ3) is 2.54. The molecular formula is C20H17N5O5. The van der Waals surface area contributed by atoms with Gasteiger partial charge in [0.2, 0.25) is 5.71 Å². The van der Waals surface area contributed by atoms with Crippen molar-refractivity contribution in [2.24, 2.45) is 0 Å². The van der Waals surface area contributed by atoms with Crippen molar-refractivity contribution in [3.05, 3.63) is 48.5 Å². The number of methoxy groups -OCH3 is 1.